The normalized spacial score (nSPS) is 11.1. The van der Waals surface area contributed by atoms with E-state index in [9.17, 15) is 0 Å². The van der Waals surface area contributed by atoms with Crippen LogP contribution in [0.5, 0.6) is 0 Å². The molecule has 0 spiro atoms. The van der Waals surface area contributed by atoms with E-state index in [1.54, 1.807) is 12.4 Å². The van der Waals surface area contributed by atoms with Gasteiger partial charge >= 0.3 is 0 Å². The topological polar surface area (TPSA) is 56.7 Å². The molecule has 124 valence electrons. The van der Waals surface area contributed by atoms with Crippen LogP contribution >= 0.6 is 0 Å². The fraction of sp³-hybridized carbons (Fsp3) is 0.143. The summed E-state index contributed by atoms with van der Waals surface area (Å²) in [4.78, 5) is 9.03. The number of hydrogen-bond acceptors (Lipinski definition) is 3. The molecule has 0 radical (unpaired) electrons. The van der Waals surface area contributed by atoms with E-state index >= 15 is 0 Å². The molecule has 4 heteroatoms. The maximum Gasteiger partial charge on any atom is 0.141 e. The van der Waals surface area contributed by atoms with E-state index in [-0.39, 0.29) is 0 Å². The molecule has 2 heterocycles. The Bertz CT molecular complexity index is 1030. The van der Waals surface area contributed by atoms with Crippen LogP contribution in [-0.2, 0) is 6.54 Å². The highest BCUT2D eigenvalue weighted by atomic mass is 15.1. The Labute approximate surface area is 147 Å². The van der Waals surface area contributed by atoms with Gasteiger partial charge in [0.05, 0.1) is 11.0 Å². The van der Waals surface area contributed by atoms with Gasteiger partial charge in [-0.2, -0.15) is 0 Å². The Morgan fingerprint density at radius 2 is 1.60 bits per heavy atom. The van der Waals surface area contributed by atoms with Crippen LogP contribution in [0.2, 0.25) is 0 Å². The number of rotatable bonds is 3. The van der Waals surface area contributed by atoms with Crippen molar-refractivity contribution in [3.05, 3.63) is 77.6 Å². The quantitative estimate of drug-likeness (QED) is 0.569. The van der Waals surface area contributed by atoms with E-state index in [1.807, 2.05) is 24.3 Å². The maximum absolute atomic E-state index is 5.82. The first kappa shape index (κ1) is 15.4. The lowest BCUT2D eigenvalue weighted by atomic mass is 10.1. The molecule has 0 aliphatic carbocycles. The second-order valence-corrected chi connectivity index (χ2v) is 6.42. The highest BCUT2D eigenvalue weighted by Crippen LogP contribution is 2.27. The average molecular weight is 328 g/mol. The zero-order chi connectivity index (χ0) is 17.4. The predicted molar refractivity (Wildman–Crippen MR) is 102 cm³/mol. The third-order valence-corrected chi connectivity index (χ3v) is 4.62. The zero-order valence-corrected chi connectivity index (χ0v) is 14.4. The summed E-state index contributed by atoms with van der Waals surface area (Å²) in [7, 11) is 0. The second kappa shape index (κ2) is 6.06. The molecule has 0 unspecified atom stereocenters. The Kier molecular flexibility index (Phi) is 3.73. The van der Waals surface area contributed by atoms with Crippen molar-refractivity contribution in [3.8, 4) is 11.4 Å². The van der Waals surface area contributed by atoms with E-state index in [2.05, 4.69) is 47.7 Å². The summed E-state index contributed by atoms with van der Waals surface area (Å²) < 4.78 is 2.27. The van der Waals surface area contributed by atoms with Crippen molar-refractivity contribution in [3.63, 3.8) is 0 Å². The first-order valence-electron chi connectivity index (χ1n) is 8.34. The summed E-state index contributed by atoms with van der Waals surface area (Å²) in [6.07, 6.45) is 3.61. The van der Waals surface area contributed by atoms with Crippen molar-refractivity contribution in [1.29, 1.82) is 0 Å². The number of nitrogens with two attached hydrogens (primary N) is 1. The van der Waals surface area contributed by atoms with E-state index in [0.29, 0.717) is 0 Å². The van der Waals surface area contributed by atoms with Crippen LogP contribution in [0.15, 0.2) is 60.9 Å². The number of anilines is 1. The van der Waals surface area contributed by atoms with Crippen molar-refractivity contribution in [1.82, 2.24) is 14.5 Å². The van der Waals surface area contributed by atoms with Gasteiger partial charge in [0.25, 0.3) is 0 Å². The number of nitrogen functional groups attached to an aromatic ring is 1. The molecule has 25 heavy (non-hydrogen) atoms. The van der Waals surface area contributed by atoms with E-state index in [1.165, 1.54) is 16.7 Å². The minimum Gasteiger partial charge on any atom is -0.399 e. The molecule has 4 rings (SSSR count). The number of hydrogen-bond donors (Lipinski definition) is 1. The van der Waals surface area contributed by atoms with Crippen LogP contribution in [-0.4, -0.2) is 14.5 Å². The largest absolute Gasteiger partial charge is 0.399 e. The molecular weight excluding hydrogens is 308 g/mol. The smallest absolute Gasteiger partial charge is 0.141 e. The standard InChI is InChI=1S/C21H20N4/c1-14-11-19-20(12-15(14)2)25(13-16-3-5-18(22)6-4-16)21(24-19)17-7-9-23-10-8-17/h3-12H,13,22H2,1-2H3. The Balaban J connectivity index is 1.92. The van der Waals surface area contributed by atoms with Gasteiger partial charge in [-0.1, -0.05) is 12.1 Å². The molecule has 2 aromatic heterocycles. The number of benzene rings is 2. The minimum absolute atomic E-state index is 0.747. The Hall–Kier alpha value is -3.14. The van der Waals surface area contributed by atoms with Crippen LogP contribution in [0, 0.1) is 13.8 Å². The van der Waals surface area contributed by atoms with Gasteiger partial charge < -0.3 is 10.3 Å². The minimum atomic E-state index is 0.747. The highest BCUT2D eigenvalue weighted by molar-refractivity contribution is 5.82. The number of imidazole rings is 1. The van der Waals surface area contributed by atoms with Gasteiger partial charge in [0.15, 0.2) is 0 Å². The van der Waals surface area contributed by atoms with E-state index in [0.717, 1.165) is 34.7 Å². The lowest BCUT2D eigenvalue weighted by Crippen LogP contribution is -2.03. The third kappa shape index (κ3) is 2.87. The first-order chi connectivity index (χ1) is 12.1. The van der Waals surface area contributed by atoms with Crippen LogP contribution in [0.3, 0.4) is 0 Å². The number of fused-ring (bicyclic) bond motifs is 1. The SMILES string of the molecule is Cc1cc2nc(-c3ccncc3)n(Cc3ccc(N)cc3)c2cc1C. The summed E-state index contributed by atoms with van der Waals surface area (Å²) >= 11 is 0. The third-order valence-electron chi connectivity index (χ3n) is 4.62. The van der Waals surface area contributed by atoms with Crippen LogP contribution in [0.1, 0.15) is 16.7 Å². The van der Waals surface area contributed by atoms with Crippen LogP contribution < -0.4 is 5.73 Å². The molecule has 0 aliphatic heterocycles. The molecule has 4 nitrogen and oxygen atoms in total. The molecule has 0 amide bonds. The van der Waals surface area contributed by atoms with Crippen molar-refractivity contribution in [2.45, 2.75) is 20.4 Å². The number of pyridine rings is 1. The van der Waals surface area contributed by atoms with Crippen molar-refractivity contribution >= 4 is 16.7 Å². The number of aromatic nitrogens is 3. The van der Waals surface area contributed by atoms with Crippen LogP contribution in [0.4, 0.5) is 5.69 Å². The van der Waals surface area contributed by atoms with Gasteiger partial charge in [-0.15, -0.1) is 0 Å². The van der Waals surface area contributed by atoms with Gasteiger partial charge in [-0.25, -0.2) is 4.98 Å². The molecule has 0 bridgehead atoms. The summed E-state index contributed by atoms with van der Waals surface area (Å²) in [6, 6.07) is 16.4. The van der Waals surface area contributed by atoms with Crippen molar-refractivity contribution in [2.75, 3.05) is 5.73 Å². The number of aryl methyl sites for hydroxylation is 2. The lowest BCUT2D eigenvalue weighted by molar-refractivity contribution is 0.834. The molecule has 0 atom stereocenters. The summed E-state index contributed by atoms with van der Waals surface area (Å²) in [5.74, 6) is 0.958. The molecule has 4 aromatic rings. The average Bonchev–Trinajstić information content (AvgIpc) is 2.96. The molecule has 0 aliphatic rings. The van der Waals surface area contributed by atoms with Crippen molar-refractivity contribution < 1.29 is 0 Å². The highest BCUT2D eigenvalue weighted by Gasteiger charge is 2.14. The van der Waals surface area contributed by atoms with Gasteiger partial charge in [0.1, 0.15) is 5.82 Å². The molecule has 2 N–H and O–H groups in total. The monoisotopic (exact) mass is 328 g/mol. The van der Waals surface area contributed by atoms with Gasteiger partial charge in [0.2, 0.25) is 0 Å². The Morgan fingerprint density at radius 3 is 2.32 bits per heavy atom. The Morgan fingerprint density at radius 1 is 0.920 bits per heavy atom. The molecule has 0 saturated carbocycles. The predicted octanol–water partition coefficient (Wildman–Crippen LogP) is 4.35. The molecule has 0 fully saturated rings. The molecular formula is C21H20N4. The fourth-order valence-electron chi connectivity index (χ4n) is 3.07. The lowest BCUT2D eigenvalue weighted by Gasteiger charge is -2.10. The van der Waals surface area contributed by atoms with E-state index < -0.39 is 0 Å². The number of nitrogens with zero attached hydrogens (tertiary/aromatic N) is 3. The van der Waals surface area contributed by atoms with Crippen LogP contribution in [0.25, 0.3) is 22.4 Å². The molecule has 0 saturated heterocycles. The van der Waals surface area contributed by atoms with Gasteiger partial charge in [-0.05, 0) is 66.9 Å². The van der Waals surface area contributed by atoms with E-state index in [4.69, 9.17) is 10.7 Å². The maximum atomic E-state index is 5.82. The molecule has 2 aromatic carbocycles. The zero-order valence-electron chi connectivity index (χ0n) is 14.4. The fourth-order valence-corrected chi connectivity index (χ4v) is 3.07. The summed E-state index contributed by atoms with van der Waals surface area (Å²) in [6.45, 7) is 5.01. The van der Waals surface area contributed by atoms with Gasteiger partial charge in [-0.3, -0.25) is 4.98 Å². The first-order valence-corrected chi connectivity index (χ1v) is 8.34. The van der Waals surface area contributed by atoms with Crippen molar-refractivity contribution in [2.24, 2.45) is 0 Å². The summed E-state index contributed by atoms with van der Waals surface area (Å²) in [5, 5.41) is 0. The second-order valence-electron chi connectivity index (χ2n) is 6.42. The van der Waals surface area contributed by atoms with Gasteiger partial charge in [0, 0.05) is 30.2 Å². The summed E-state index contributed by atoms with van der Waals surface area (Å²) in [5.41, 5.74) is 13.6.